The monoisotopic (exact) mass is 554 g/mol. The fraction of sp³-hybridized carbons (Fsp3) is 0.333. The molecule has 5 rings (SSSR count). The Morgan fingerprint density at radius 3 is 2.39 bits per heavy atom. The Kier molecular flexibility index (Phi) is 7.69. The van der Waals surface area contributed by atoms with Crippen LogP contribution in [0.25, 0.3) is 0 Å². The molecule has 0 bridgehead atoms. The van der Waals surface area contributed by atoms with E-state index in [9.17, 15) is 14.4 Å². The molecule has 2 N–H and O–H groups in total. The Hall–Kier alpha value is -3.40. The van der Waals surface area contributed by atoms with Gasteiger partial charge in [-0.05, 0) is 42.7 Å². The van der Waals surface area contributed by atoms with E-state index in [4.69, 9.17) is 23.2 Å². The van der Waals surface area contributed by atoms with E-state index in [1.54, 1.807) is 37.5 Å². The molecule has 38 heavy (non-hydrogen) atoms. The number of hydrogen-bond acceptors (Lipinski definition) is 5. The second-order valence-electron chi connectivity index (χ2n) is 9.65. The number of benzene rings is 2. The fourth-order valence-electron chi connectivity index (χ4n) is 4.51. The van der Waals surface area contributed by atoms with Gasteiger partial charge in [0.15, 0.2) is 5.69 Å². The molecule has 0 radical (unpaired) electrons. The third-order valence-corrected chi connectivity index (χ3v) is 7.52. The van der Waals surface area contributed by atoms with Gasteiger partial charge in [0.05, 0.1) is 21.4 Å². The zero-order chi connectivity index (χ0) is 26.8. The standard InChI is InChI=1S/C27H28Cl2N6O3/c1-33-16-22(24(32-33)26(37)30-21-7-3-6-20(28)23(21)29)31-25(36)19-5-2-4-17(14-19)15-34-10-12-35(13-11-34)27(38)18-8-9-18/h2-7,14,16,18H,8-13,15H2,1H3,(H,30,37)(H,31,36). The molecule has 198 valence electrons. The zero-order valence-corrected chi connectivity index (χ0v) is 22.4. The molecule has 9 nitrogen and oxygen atoms in total. The smallest absolute Gasteiger partial charge is 0.278 e. The van der Waals surface area contributed by atoms with Crippen LogP contribution in [0.1, 0.15) is 39.3 Å². The predicted molar refractivity (Wildman–Crippen MR) is 147 cm³/mol. The number of halogens is 2. The molecular formula is C27H28Cl2N6O3. The van der Waals surface area contributed by atoms with Crippen LogP contribution < -0.4 is 10.6 Å². The summed E-state index contributed by atoms with van der Waals surface area (Å²) in [5, 5.41) is 10.2. The van der Waals surface area contributed by atoms with E-state index in [-0.39, 0.29) is 28.2 Å². The van der Waals surface area contributed by atoms with E-state index in [1.165, 1.54) is 4.68 Å². The normalized spacial score (nSPS) is 15.8. The molecule has 2 heterocycles. The van der Waals surface area contributed by atoms with Gasteiger partial charge in [0.1, 0.15) is 0 Å². The number of aromatic nitrogens is 2. The van der Waals surface area contributed by atoms with Crippen molar-refractivity contribution >= 4 is 52.3 Å². The highest BCUT2D eigenvalue weighted by Gasteiger charge is 2.34. The highest BCUT2D eigenvalue weighted by Crippen LogP contribution is 2.32. The molecule has 1 aromatic heterocycles. The molecule has 2 aromatic carbocycles. The quantitative estimate of drug-likeness (QED) is 0.454. The van der Waals surface area contributed by atoms with Crippen LogP contribution in [0.2, 0.25) is 10.0 Å². The number of piperazine rings is 1. The van der Waals surface area contributed by atoms with Crippen LogP contribution in [0.15, 0.2) is 48.7 Å². The lowest BCUT2D eigenvalue weighted by Gasteiger charge is -2.35. The Bertz CT molecular complexity index is 1380. The van der Waals surface area contributed by atoms with Crippen LogP contribution in [0.5, 0.6) is 0 Å². The second kappa shape index (κ2) is 11.1. The van der Waals surface area contributed by atoms with Gasteiger partial charge in [0.2, 0.25) is 5.91 Å². The number of hydrogen-bond donors (Lipinski definition) is 2. The molecule has 0 spiro atoms. The van der Waals surface area contributed by atoms with Crippen LogP contribution in [0, 0.1) is 5.92 Å². The maximum Gasteiger partial charge on any atom is 0.278 e. The maximum absolute atomic E-state index is 13.1. The first-order valence-corrected chi connectivity index (χ1v) is 13.2. The lowest BCUT2D eigenvalue weighted by molar-refractivity contribution is -0.134. The highest BCUT2D eigenvalue weighted by atomic mass is 35.5. The van der Waals surface area contributed by atoms with E-state index in [2.05, 4.69) is 20.6 Å². The minimum Gasteiger partial charge on any atom is -0.340 e. The summed E-state index contributed by atoms with van der Waals surface area (Å²) in [6.07, 6.45) is 3.61. The van der Waals surface area contributed by atoms with Gasteiger partial charge in [0.25, 0.3) is 11.8 Å². The number of carbonyl (C=O) groups is 3. The molecule has 0 atom stereocenters. The minimum absolute atomic E-state index is 0.0478. The van der Waals surface area contributed by atoms with Gasteiger partial charge in [-0.1, -0.05) is 41.4 Å². The summed E-state index contributed by atoms with van der Waals surface area (Å²) in [5.74, 6) is -0.340. The Morgan fingerprint density at radius 2 is 1.66 bits per heavy atom. The topological polar surface area (TPSA) is 99.6 Å². The first kappa shape index (κ1) is 26.2. The van der Waals surface area contributed by atoms with Gasteiger partial charge in [-0.25, -0.2) is 0 Å². The van der Waals surface area contributed by atoms with Crippen molar-refractivity contribution in [3.8, 4) is 0 Å². The van der Waals surface area contributed by atoms with E-state index < -0.39 is 5.91 Å². The molecule has 3 aromatic rings. The molecule has 2 aliphatic rings. The molecule has 3 amide bonds. The molecule has 1 saturated heterocycles. The van der Waals surface area contributed by atoms with Gasteiger partial charge in [-0.15, -0.1) is 0 Å². The van der Waals surface area contributed by atoms with Crippen molar-refractivity contribution in [1.29, 1.82) is 0 Å². The van der Waals surface area contributed by atoms with Crippen LogP contribution in [0.4, 0.5) is 11.4 Å². The number of anilines is 2. The molecular weight excluding hydrogens is 527 g/mol. The van der Waals surface area contributed by atoms with E-state index >= 15 is 0 Å². The van der Waals surface area contributed by atoms with Gasteiger partial charge < -0.3 is 15.5 Å². The first-order chi connectivity index (χ1) is 18.3. The minimum atomic E-state index is -0.530. The average Bonchev–Trinajstić information content (AvgIpc) is 3.69. The predicted octanol–water partition coefficient (Wildman–Crippen LogP) is 4.29. The number of aryl methyl sites for hydroxylation is 1. The number of nitrogens with zero attached hydrogens (tertiary/aromatic N) is 4. The van der Waals surface area contributed by atoms with Crippen LogP contribution >= 0.6 is 23.2 Å². The molecule has 1 aliphatic heterocycles. The Balaban J connectivity index is 1.22. The van der Waals surface area contributed by atoms with Gasteiger partial charge in [0, 0.05) is 57.4 Å². The lowest BCUT2D eigenvalue weighted by atomic mass is 10.1. The van der Waals surface area contributed by atoms with E-state index in [1.807, 2.05) is 23.1 Å². The summed E-state index contributed by atoms with van der Waals surface area (Å²) in [6, 6.07) is 12.3. The molecule has 0 unspecified atom stereocenters. The SMILES string of the molecule is Cn1cc(NC(=O)c2cccc(CN3CCN(C(=O)C4CC4)CC3)c2)c(C(=O)Nc2cccc(Cl)c2Cl)n1. The molecule has 1 saturated carbocycles. The van der Waals surface area contributed by atoms with Crippen LogP contribution in [-0.2, 0) is 18.4 Å². The summed E-state index contributed by atoms with van der Waals surface area (Å²) in [6.45, 7) is 3.77. The van der Waals surface area contributed by atoms with Gasteiger partial charge in [-0.2, -0.15) is 5.10 Å². The Morgan fingerprint density at radius 1 is 0.947 bits per heavy atom. The molecule has 2 fully saturated rings. The number of rotatable bonds is 7. The average molecular weight is 555 g/mol. The van der Waals surface area contributed by atoms with Crippen molar-refractivity contribution in [2.75, 3.05) is 36.8 Å². The lowest BCUT2D eigenvalue weighted by Crippen LogP contribution is -2.48. The number of nitrogens with one attached hydrogen (secondary N) is 2. The molecule has 11 heteroatoms. The first-order valence-electron chi connectivity index (χ1n) is 12.5. The summed E-state index contributed by atoms with van der Waals surface area (Å²) in [4.78, 5) is 42.6. The van der Waals surface area contributed by atoms with Crippen molar-refractivity contribution in [1.82, 2.24) is 19.6 Å². The van der Waals surface area contributed by atoms with Crippen LogP contribution in [0.3, 0.4) is 0 Å². The van der Waals surface area contributed by atoms with Crippen molar-refractivity contribution in [2.45, 2.75) is 19.4 Å². The van der Waals surface area contributed by atoms with Crippen LogP contribution in [-0.4, -0.2) is 63.5 Å². The van der Waals surface area contributed by atoms with Gasteiger partial charge >= 0.3 is 0 Å². The molecule has 1 aliphatic carbocycles. The van der Waals surface area contributed by atoms with Crippen molar-refractivity contribution in [3.63, 3.8) is 0 Å². The third kappa shape index (κ3) is 6.01. The van der Waals surface area contributed by atoms with Crippen molar-refractivity contribution < 1.29 is 14.4 Å². The number of amides is 3. The summed E-state index contributed by atoms with van der Waals surface area (Å²) < 4.78 is 1.45. The maximum atomic E-state index is 13.1. The van der Waals surface area contributed by atoms with Crippen molar-refractivity contribution in [3.05, 3.63) is 75.5 Å². The highest BCUT2D eigenvalue weighted by molar-refractivity contribution is 6.44. The zero-order valence-electron chi connectivity index (χ0n) is 20.9. The third-order valence-electron chi connectivity index (χ3n) is 6.70. The van der Waals surface area contributed by atoms with Gasteiger partial charge in [-0.3, -0.25) is 24.0 Å². The largest absolute Gasteiger partial charge is 0.340 e. The van der Waals surface area contributed by atoms with Crippen molar-refractivity contribution in [2.24, 2.45) is 13.0 Å². The number of carbonyl (C=O) groups excluding carboxylic acids is 3. The van der Waals surface area contributed by atoms with E-state index in [0.717, 1.165) is 44.6 Å². The summed E-state index contributed by atoms with van der Waals surface area (Å²) >= 11 is 12.2. The van der Waals surface area contributed by atoms with E-state index in [0.29, 0.717) is 28.7 Å². The second-order valence-corrected chi connectivity index (χ2v) is 10.4. The summed E-state index contributed by atoms with van der Waals surface area (Å²) in [7, 11) is 1.66. The fourth-order valence-corrected chi connectivity index (χ4v) is 4.86. The summed E-state index contributed by atoms with van der Waals surface area (Å²) in [5.41, 5.74) is 2.14. The Labute approximate surface area is 230 Å².